The first-order valence-corrected chi connectivity index (χ1v) is 10.5. The number of carbonyl (C=O) groups excluding carboxylic acids is 1. The molecule has 0 radical (unpaired) electrons. The van der Waals surface area contributed by atoms with E-state index in [1.165, 1.54) is 32.0 Å². The molecule has 0 spiro atoms. The van der Waals surface area contributed by atoms with Gasteiger partial charge >= 0.3 is 0 Å². The largest absolute Gasteiger partial charge is 0.348 e. The Balaban J connectivity index is 1.39. The minimum atomic E-state index is -0.0738. The van der Waals surface area contributed by atoms with Gasteiger partial charge in [-0.1, -0.05) is 37.1 Å². The van der Waals surface area contributed by atoms with Crippen LogP contribution in [-0.2, 0) is 13.1 Å². The summed E-state index contributed by atoms with van der Waals surface area (Å²) in [6, 6.07) is 11.8. The normalized spacial score (nSPS) is 14.3. The molecule has 1 amide bonds. The topological polar surface area (TPSA) is 72.7 Å². The molecule has 0 bridgehead atoms. The number of hydrogen-bond acceptors (Lipinski definition) is 5. The molecule has 4 rings (SSSR count). The standard InChI is InChI=1S/C21H23N5OS/c27-20(19-9-4-10-23-21(19)28-18-7-1-2-8-18)24-12-16-5-3-6-17(11-16)13-26-15-22-14-25-26/h3-6,9-11,14-15,18H,1-2,7-8,12-13H2,(H,24,27). The summed E-state index contributed by atoms with van der Waals surface area (Å²) in [7, 11) is 0. The molecule has 28 heavy (non-hydrogen) atoms. The monoisotopic (exact) mass is 393 g/mol. The van der Waals surface area contributed by atoms with E-state index in [1.807, 2.05) is 30.3 Å². The zero-order chi connectivity index (χ0) is 19.2. The molecule has 1 saturated carbocycles. The van der Waals surface area contributed by atoms with E-state index in [4.69, 9.17) is 0 Å². The van der Waals surface area contributed by atoms with Gasteiger partial charge in [-0.2, -0.15) is 5.10 Å². The summed E-state index contributed by atoms with van der Waals surface area (Å²) in [6.07, 6.45) is 9.96. The molecular formula is C21H23N5OS. The summed E-state index contributed by atoms with van der Waals surface area (Å²) < 4.78 is 1.78. The molecule has 2 heterocycles. The summed E-state index contributed by atoms with van der Waals surface area (Å²) in [6.45, 7) is 1.14. The van der Waals surface area contributed by atoms with Crippen molar-refractivity contribution >= 4 is 17.7 Å². The summed E-state index contributed by atoms with van der Waals surface area (Å²) in [5, 5.41) is 8.59. The van der Waals surface area contributed by atoms with Gasteiger partial charge in [-0.25, -0.2) is 14.6 Å². The van der Waals surface area contributed by atoms with Crippen molar-refractivity contribution in [3.63, 3.8) is 0 Å². The molecule has 1 N–H and O–H groups in total. The number of rotatable bonds is 7. The number of aromatic nitrogens is 4. The molecule has 1 fully saturated rings. The molecule has 0 unspecified atom stereocenters. The predicted molar refractivity (Wildman–Crippen MR) is 109 cm³/mol. The lowest BCUT2D eigenvalue weighted by atomic mass is 10.1. The minimum absolute atomic E-state index is 0.0738. The second-order valence-electron chi connectivity index (χ2n) is 6.98. The Kier molecular flexibility index (Phi) is 6.01. The zero-order valence-corrected chi connectivity index (χ0v) is 16.4. The number of nitrogens with one attached hydrogen (secondary N) is 1. The van der Waals surface area contributed by atoms with Crippen LogP contribution in [0.1, 0.15) is 47.2 Å². The first-order valence-electron chi connectivity index (χ1n) is 9.58. The Bertz CT molecular complexity index is 922. The molecule has 0 saturated heterocycles. The molecule has 144 valence electrons. The van der Waals surface area contributed by atoms with E-state index in [1.54, 1.807) is 29.0 Å². The Hall–Kier alpha value is -2.67. The van der Waals surface area contributed by atoms with Crippen LogP contribution in [0.25, 0.3) is 0 Å². The Labute approximate surface area is 168 Å². The number of thioether (sulfide) groups is 1. The zero-order valence-electron chi connectivity index (χ0n) is 15.6. The van der Waals surface area contributed by atoms with Crippen molar-refractivity contribution in [2.24, 2.45) is 0 Å². The highest BCUT2D eigenvalue weighted by Crippen LogP contribution is 2.35. The van der Waals surface area contributed by atoms with Gasteiger partial charge in [0.05, 0.1) is 12.1 Å². The van der Waals surface area contributed by atoms with Gasteiger partial charge in [0.15, 0.2) is 0 Å². The van der Waals surface area contributed by atoms with Gasteiger partial charge in [0.25, 0.3) is 5.91 Å². The fourth-order valence-corrected chi connectivity index (χ4v) is 4.73. The second kappa shape index (κ2) is 9.01. The molecule has 6 nitrogen and oxygen atoms in total. The lowest BCUT2D eigenvalue weighted by Gasteiger charge is -2.12. The van der Waals surface area contributed by atoms with Gasteiger partial charge in [0.1, 0.15) is 17.7 Å². The molecule has 2 aromatic heterocycles. The van der Waals surface area contributed by atoms with Crippen LogP contribution >= 0.6 is 11.8 Å². The number of amides is 1. The first-order chi connectivity index (χ1) is 13.8. The lowest BCUT2D eigenvalue weighted by Crippen LogP contribution is -2.24. The first kappa shape index (κ1) is 18.7. The van der Waals surface area contributed by atoms with E-state index in [9.17, 15) is 4.79 Å². The van der Waals surface area contributed by atoms with Crippen molar-refractivity contribution in [1.82, 2.24) is 25.1 Å². The van der Waals surface area contributed by atoms with Gasteiger partial charge in [0, 0.05) is 18.0 Å². The van der Waals surface area contributed by atoms with Crippen LogP contribution in [-0.4, -0.2) is 30.9 Å². The predicted octanol–water partition coefficient (Wildman–Crippen LogP) is 3.69. The fraction of sp³-hybridized carbons (Fsp3) is 0.333. The molecule has 0 atom stereocenters. The average molecular weight is 394 g/mol. The fourth-order valence-electron chi connectivity index (χ4n) is 3.44. The van der Waals surface area contributed by atoms with Gasteiger partial charge < -0.3 is 5.32 Å². The van der Waals surface area contributed by atoms with Crippen molar-refractivity contribution in [3.05, 3.63) is 71.9 Å². The van der Waals surface area contributed by atoms with Crippen LogP contribution < -0.4 is 5.32 Å². The number of carbonyl (C=O) groups is 1. The quantitative estimate of drug-likeness (QED) is 0.663. The maximum atomic E-state index is 12.8. The number of nitrogens with zero attached hydrogens (tertiary/aromatic N) is 4. The highest BCUT2D eigenvalue weighted by Gasteiger charge is 2.20. The van der Waals surface area contributed by atoms with E-state index in [-0.39, 0.29) is 5.91 Å². The molecular weight excluding hydrogens is 370 g/mol. The van der Waals surface area contributed by atoms with E-state index < -0.39 is 0 Å². The van der Waals surface area contributed by atoms with Crippen molar-refractivity contribution in [3.8, 4) is 0 Å². The SMILES string of the molecule is O=C(NCc1cccc(Cn2cncn2)c1)c1cccnc1SC1CCCC1. The van der Waals surface area contributed by atoms with Gasteiger partial charge in [-0.3, -0.25) is 4.79 Å². The molecule has 1 aromatic carbocycles. The van der Waals surface area contributed by atoms with Gasteiger partial charge in [-0.05, 0) is 36.1 Å². The van der Waals surface area contributed by atoms with Crippen LogP contribution in [0.2, 0.25) is 0 Å². The van der Waals surface area contributed by atoms with Crippen LogP contribution in [0, 0.1) is 0 Å². The lowest BCUT2D eigenvalue weighted by molar-refractivity contribution is 0.0947. The van der Waals surface area contributed by atoms with Crippen LogP contribution in [0.15, 0.2) is 60.3 Å². The number of hydrogen-bond donors (Lipinski definition) is 1. The van der Waals surface area contributed by atoms with Gasteiger partial charge in [0.2, 0.25) is 0 Å². The second-order valence-corrected chi connectivity index (χ2v) is 8.27. The van der Waals surface area contributed by atoms with E-state index in [2.05, 4.69) is 26.4 Å². The van der Waals surface area contributed by atoms with Crippen LogP contribution in [0.5, 0.6) is 0 Å². The highest BCUT2D eigenvalue weighted by molar-refractivity contribution is 7.99. The Morgan fingerprint density at radius 1 is 1.18 bits per heavy atom. The third-order valence-corrected chi connectivity index (χ3v) is 6.21. The number of pyridine rings is 1. The maximum Gasteiger partial charge on any atom is 0.254 e. The Morgan fingerprint density at radius 2 is 2.04 bits per heavy atom. The van der Waals surface area contributed by atoms with Crippen LogP contribution in [0.3, 0.4) is 0 Å². The minimum Gasteiger partial charge on any atom is -0.348 e. The molecule has 7 heteroatoms. The van der Waals surface area contributed by atoms with E-state index in [0.29, 0.717) is 23.9 Å². The number of benzene rings is 1. The average Bonchev–Trinajstić information content (AvgIpc) is 3.41. The van der Waals surface area contributed by atoms with Crippen molar-refractivity contribution in [2.45, 2.75) is 49.0 Å². The van der Waals surface area contributed by atoms with Crippen molar-refractivity contribution in [1.29, 1.82) is 0 Å². The summed E-state index contributed by atoms with van der Waals surface area (Å²) in [5.74, 6) is -0.0738. The highest BCUT2D eigenvalue weighted by atomic mass is 32.2. The molecule has 0 aliphatic heterocycles. The van der Waals surface area contributed by atoms with Crippen molar-refractivity contribution in [2.75, 3.05) is 0 Å². The third kappa shape index (κ3) is 4.78. The molecule has 1 aliphatic rings. The molecule has 3 aromatic rings. The van der Waals surface area contributed by atoms with E-state index >= 15 is 0 Å². The van der Waals surface area contributed by atoms with Gasteiger partial charge in [-0.15, -0.1) is 11.8 Å². The van der Waals surface area contributed by atoms with E-state index in [0.717, 1.165) is 16.2 Å². The third-order valence-electron chi connectivity index (χ3n) is 4.85. The smallest absolute Gasteiger partial charge is 0.254 e. The Morgan fingerprint density at radius 3 is 2.86 bits per heavy atom. The summed E-state index contributed by atoms with van der Waals surface area (Å²) in [4.78, 5) is 21.2. The molecule has 1 aliphatic carbocycles. The van der Waals surface area contributed by atoms with Crippen LogP contribution in [0.4, 0.5) is 0 Å². The maximum absolute atomic E-state index is 12.8. The summed E-state index contributed by atoms with van der Waals surface area (Å²) >= 11 is 1.74. The summed E-state index contributed by atoms with van der Waals surface area (Å²) in [5.41, 5.74) is 2.84. The van der Waals surface area contributed by atoms with Crippen molar-refractivity contribution < 1.29 is 4.79 Å².